The highest BCUT2D eigenvalue weighted by atomic mass is 32.2. The number of hydrogen-bond acceptors (Lipinski definition) is 3. The molecule has 5 nitrogen and oxygen atoms in total. The van der Waals surface area contributed by atoms with Crippen LogP contribution < -0.4 is 4.72 Å². The zero-order valence-electron chi connectivity index (χ0n) is 14.0. The zero-order valence-corrected chi connectivity index (χ0v) is 14.8. The van der Waals surface area contributed by atoms with Gasteiger partial charge in [0.25, 0.3) is 5.91 Å². The molecule has 1 rings (SSSR count). The van der Waals surface area contributed by atoms with Gasteiger partial charge in [-0.3, -0.25) is 9.52 Å². The summed E-state index contributed by atoms with van der Waals surface area (Å²) in [7, 11) is -3.35. The van der Waals surface area contributed by atoms with Gasteiger partial charge >= 0.3 is 0 Å². The van der Waals surface area contributed by atoms with Crippen LogP contribution in [0.1, 0.15) is 38.1 Å². The fourth-order valence-electron chi connectivity index (χ4n) is 2.23. The molecule has 0 bridgehead atoms. The normalized spacial score (nSPS) is 11.8. The van der Waals surface area contributed by atoms with Gasteiger partial charge in [0, 0.05) is 24.3 Å². The number of carbonyl (C=O) groups excluding carboxylic acids is 1. The van der Waals surface area contributed by atoms with Gasteiger partial charge in [0.05, 0.1) is 6.26 Å². The van der Waals surface area contributed by atoms with Crippen LogP contribution in [0.15, 0.2) is 24.3 Å². The van der Waals surface area contributed by atoms with Crippen LogP contribution in [0, 0.1) is 11.8 Å². The standard InChI is InChI=1S/C16H26N2O3S/c1-12(2)10-18(11-13(3)4)16(19)14-7-6-8-15(9-14)17-22(5,20)21/h6-9,12-13,17H,10-11H2,1-5H3. The molecule has 1 amide bonds. The van der Waals surface area contributed by atoms with Gasteiger partial charge in [-0.25, -0.2) is 8.42 Å². The molecule has 0 saturated carbocycles. The Hall–Kier alpha value is -1.56. The lowest BCUT2D eigenvalue weighted by Gasteiger charge is -2.26. The van der Waals surface area contributed by atoms with E-state index in [2.05, 4.69) is 32.4 Å². The van der Waals surface area contributed by atoms with Gasteiger partial charge in [0.15, 0.2) is 0 Å². The minimum absolute atomic E-state index is 0.0699. The average molecular weight is 326 g/mol. The summed E-state index contributed by atoms with van der Waals surface area (Å²) in [4.78, 5) is 14.5. The molecule has 0 atom stereocenters. The summed E-state index contributed by atoms with van der Waals surface area (Å²) in [6.07, 6.45) is 1.09. The molecule has 124 valence electrons. The minimum Gasteiger partial charge on any atom is -0.338 e. The molecular formula is C16H26N2O3S. The van der Waals surface area contributed by atoms with Gasteiger partial charge in [-0.1, -0.05) is 33.8 Å². The van der Waals surface area contributed by atoms with E-state index >= 15 is 0 Å². The lowest BCUT2D eigenvalue weighted by molar-refractivity contribution is 0.0715. The molecule has 0 saturated heterocycles. The Morgan fingerprint density at radius 1 is 1.14 bits per heavy atom. The summed E-state index contributed by atoms with van der Waals surface area (Å²) in [6, 6.07) is 6.61. The molecule has 0 unspecified atom stereocenters. The van der Waals surface area contributed by atoms with Crippen molar-refractivity contribution >= 4 is 21.6 Å². The Kier molecular flexibility index (Phi) is 6.41. The number of rotatable bonds is 7. The third kappa shape index (κ3) is 6.47. The largest absolute Gasteiger partial charge is 0.338 e. The maximum atomic E-state index is 12.7. The highest BCUT2D eigenvalue weighted by Crippen LogP contribution is 2.15. The number of hydrogen-bond donors (Lipinski definition) is 1. The predicted octanol–water partition coefficient (Wildman–Crippen LogP) is 2.81. The van der Waals surface area contributed by atoms with Crippen LogP contribution in [0.4, 0.5) is 5.69 Å². The van der Waals surface area contributed by atoms with Crippen molar-refractivity contribution in [1.82, 2.24) is 4.90 Å². The topological polar surface area (TPSA) is 66.5 Å². The molecule has 0 spiro atoms. The Balaban J connectivity index is 3.00. The first-order valence-electron chi connectivity index (χ1n) is 7.45. The highest BCUT2D eigenvalue weighted by molar-refractivity contribution is 7.92. The first-order valence-corrected chi connectivity index (χ1v) is 9.34. The maximum Gasteiger partial charge on any atom is 0.253 e. The van der Waals surface area contributed by atoms with Gasteiger partial charge in [0.2, 0.25) is 10.0 Å². The number of benzene rings is 1. The fraction of sp³-hybridized carbons (Fsp3) is 0.562. The Labute approximate surface area is 133 Å². The molecule has 0 aliphatic carbocycles. The summed E-state index contributed by atoms with van der Waals surface area (Å²) in [6.45, 7) is 9.65. The van der Waals surface area contributed by atoms with E-state index in [1.54, 1.807) is 24.3 Å². The van der Waals surface area contributed by atoms with Crippen LogP contribution in [-0.4, -0.2) is 38.6 Å². The minimum atomic E-state index is -3.35. The SMILES string of the molecule is CC(C)CN(CC(C)C)C(=O)c1cccc(NS(C)(=O)=O)c1. The number of carbonyl (C=O) groups is 1. The van der Waals surface area contributed by atoms with Crippen LogP contribution in [0.5, 0.6) is 0 Å². The van der Waals surface area contributed by atoms with Crippen LogP contribution in [0.2, 0.25) is 0 Å². The number of nitrogens with one attached hydrogen (secondary N) is 1. The van der Waals surface area contributed by atoms with Crippen LogP contribution in [-0.2, 0) is 10.0 Å². The third-order valence-corrected chi connectivity index (χ3v) is 3.48. The van der Waals surface area contributed by atoms with E-state index in [0.717, 1.165) is 6.26 Å². The average Bonchev–Trinajstić information content (AvgIpc) is 2.34. The Morgan fingerprint density at radius 2 is 1.68 bits per heavy atom. The summed E-state index contributed by atoms with van der Waals surface area (Å²) < 4.78 is 25.0. The van der Waals surface area contributed by atoms with E-state index in [0.29, 0.717) is 36.2 Å². The van der Waals surface area contributed by atoms with Crippen LogP contribution >= 0.6 is 0 Å². The molecule has 1 aromatic carbocycles. The van der Waals surface area contributed by atoms with Gasteiger partial charge in [0.1, 0.15) is 0 Å². The highest BCUT2D eigenvalue weighted by Gasteiger charge is 2.18. The molecule has 0 aliphatic rings. The second-order valence-corrected chi connectivity index (χ2v) is 8.20. The van der Waals surface area contributed by atoms with E-state index in [1.165, 1.54) is 0 Å². The third-order valence-electron chi connectivity index (χ3n) is 2.87. The molecular weight excluding hydrogens is 300 g/mol. The Morgan fingerprint density at radius 3 is 2.14 bits per heavy atom. The second kappa shape index (κ2) is 7.63. The van der Waals surface area contributed by atoms with Gasteiger partial charge in [-0.15, -0.1) is 0 Å². The smallest absolute Gasteiger partial charge is 0.253 e. The van der Waals surface area contributed by atoms with Crippen LogP contribution in [0.25, 0.3) is 0 Å². The van der Waals surface area contributed by atoms with Crippen molar-refractivity contribution in [3.63, 3.8) is 0 Å². The monoisotopic (exact) mass is 326 g/mol. The molecule has 6 heteroatoms. The molecule has 0 aliphatic heterocycles. The van der Waals surface area contributed by atoms with Gasteiger partial charge in [-0.05, 0) is 30.0 Å². The van der Waals surface area contributed by atoms with E-state index in [-0.39, 0.29) is 5.91 Å². The molecule has 0 radical (unpaired) electrons. The molecule has 0 fully saturated rings. The van der Waals surface area contributed by atoms with Crippen molar-refractivity contribution in [2.45, 2.75) is 27.7 Å². The number of sulfonamides is 1. The molecule has 1 aromatic rings. The van der Waals surface area contributed by atoms with Crippen molar-refractivity contribution < 1.29 is 13.2 Å². The molecule has 0 heterocycles. The van der Waals surface area contributed by atoms with Crippen molar-refractivity contribution in [2.75, 3.05) is 24.1 Å². The number of amides is 1. The van der Waals surface area contributed by atoms with Crippen molar-refractivity contribution in [3.05, 3.63) is 29.8 Å². The quantitative estimate of drug-likeness (QED) is 0.838. The molecule has 1 N–H and O–H groups in total. The van der Waals surface area contributed by atoms with Crippen molar-refractivity contribution in [1.29, 1.82) is 0 Å². The summed E-state index contributed by atoms with van der Waals surface area (Å²) in [5, 5.41) is 0. The van der Waals surface area contributed by atoms with Crippen molar-refractivity contribution in [2.24, 2.45) is 11.8 Å². The van der Waals surface area contributed by atoms with Crippen molar-refractivity contribution in [3.8, 4) is 0 Å². The lowest BCUT2D eigenvalue weighted by Crippen LogP contribution is -2.37. The van der Waals surface area contributed by atoms with E-state index in [4.69, 9.17) is 0 Å². The lowest BCUT2D eigenvalue weighted by atomic mass is 10.1. The van der Waals surface area contributed by atoms with Gasteiger partial charge in [-0.2, -0.15) is 0 Å². The summed E-state index contributed by atoms with van der Waals surface area (Å²) in [5.41, 5.74) is 0.900. The van der Waals surface area contributed by atoms with E-state index in [9.17, 15) is 13.2 Å². The van der Waals surface area contributed by atoms with E-state index in [1.807, 2.05) is 4.90 Å². The molecule has 0 aromatic heterocycles. The molecule has 22 heavy (non-hydrogen) atoms. The number of nitrogens with zero attached hydrogens (tertiary/aromatic N) is 1. The summed E-state index contributed by atoms with van der Waals surface area (Å²) in [5.74, 6) is 0.680. The second-order valence-electron chi connectivity index (χ2n) is 6.45. The van der Waals surface area contributed by atoms with Gasteiger partial charge < -0.3 is 4.90 Å². The van der Waals surface area contributed by atoms with Crippen LogP contribution in [0.3, 0.4) is 0 Å². The maximum absolute atomic E-state index is 12.7. The van der Waals surface area contributed by atoms with E-state index < -0.39 is 10.0 Å². The predicted molar refractivity (Wildman–Crippen MR) is 90.5 cm³/mol. The fourth-order valence-corrected chi connectivity index (χ4v) is 2.79. The Bertz CT molecular complexity index is 600. The first kappa shape index (κ1) is 18.5. The summed E-state index contributed by atoms with van der Waals surface area (Å²) >= 11 is 0. The zero-order chi connectivity index (χ0) is 16.9. The number of anilines is 1. The first-order chi connectivity index (χ1) is 10.1.